The van der Waals surface area contributed by atoms with E-state index in [1.165, 1.54) is 4.68 Å². The molecule has 0 radical (unpaired) electrons. The Morgan fingerprint density at radius 2 is 1.77 bits per heavy atom. The molecule has 2 aromatic carbocycles. The maximum Gasteiger partial charge on any atom is 0.325 e. The van der Waals surface area contributed by atoms with Crippen molar-refractivity contribution < 1.29 is 14.3 Å². The maximum absolute atomic E-state index is 12.0. The number of benzene rings is 2. The second-order valence-corrected chi connectivity index (χ2v) is 7.38. The Kier molecular flexibility index (Phi) is 6.91. The Balaban J connectivity index is 1.50. The number of urea groups is 1. The summed E-state index contributed by atoms with van der Waals surface area (Å²) < 4.78 is 7.11. The highest BCUT2D eigenvalue weighted by atomic mass is 32.2. The number of rotatable bonds is 7. The standard InChI is InChI=1S/C20H22N6O3S/c1-13-7-6-8-14(2)18(13)29-11-16-24-25-20(26(16)21)30-12-17(27)23-19(28)22-15-9-4-3-5-10-15/h3-10H,11-12,21H2,1-2H3,(H2,22,23,27,28). The summed E-state index contributed by atoms with van der Waals surface area (Å²) >= 11 is 1.07. The van der Waals surface area contributed by atoms with Gasteiger partial charge in [-0.15, -0.1) is 10.2 Å². The van der Waals surface area contributed by atoms with Crippen LogP contribution in [-0.2, 0) is 11.4 Å². The minimum absolute atomic E-state index is 0.0463. The van der Waals surface area contributed by atoms with Gasteiger partial charge >= 0.3 is 6.03 Å². The molecule has 1 aromatic heterocycles. The molecule has 0 atom stereocenters. The van der Waals surface area contributed by atoms with E-state index in [1.807, 2.05) is 38.1 Å². The van der Waals surface area contributed by atoms with Crippen LogP contribution in [0.5, 0.6) is 5.75 Å². The number of aryl methyl sites for hydroxylation is 2. The summed E-state index contributed by atoms with van der Waals surface area (Å²) in [6.45, 7) is 4.06. The number of nitrogens with zero attached hydrogens (tertiary/aromatic N) is 3. The predicted octanol–water partition coefficient (Wildman–Crippen LogP) is 2.63. The molecule has 4 N–H and O–H groups in total. The van der Waals surface area contributed by atoms with Crippen molar-refractivity contribution >= 4 is 29.4 Å². The summed E-state index contributed by atoms with van der Waals surface area (Å²) in [5.74, 6) is 6.68. The summed E-state index contributed by atoms with van der Waals surface area (Å²) in [6.07, 6.45) is 0. The normalized spacial score (nSPS) is 10.5. The van der Waals surface area contributed by atoms with Crippen molar-refractivity contribution in [3.8, 4) is 5.75 Å². The maximum atomic E-state index is 12.0. The lowest BCUT2D eigenvalue weighted by atomic mass is 10.1. The number of hydrogen-bond acceptors (Lipinski definition) is 7. The largest absolute Gasteiger partial charge is 0.485 e. The van der Waals surface area contributed by atoms with Crippen LogP contribution in [0.25, 0.3) is 0 Å². The number of hydrogen-bond donors (Lipinski definition) is 3. The summed E-state index contributed by atoms with van der Waals surface area (Å²) in [5.41, 5.74) is 2.61. The molecule has 0 aliphatic carbocycles. The highest BCUT2D eigenvalue weighted by Gasteiger charge is 2.15. The summed E-state index contributed by atoms with van der Waals surface area (Å²) in [6, 6.07) is 14.1. The van der Waals surface area contributed by atoms with Crippen molar-refractivity contribution in [1.82, 2.24) is 20.2 Å². The van der Waals surface area contributed by atoms with Crippen LogP contribution in [-0.4, -0.2) is 32.6 Å². The van der Waals surface area contributed by atoms with Crippen molar-refractivity contribution in [1.29, 1.82) is 0 Å². The topological polar surface area (TPSA) is 124 Å². The molecule has 0 spiro atoms. The second-order valence-electron chi connectivity index (χ2n) is 6.44. The Bertz CT molecular complexity index is 1020. The number of carbonyl (C=O) groups excluding carboxylic acids is 2. The van der Waals surface area contributed by atoms with E-state index in [0.717, 1.165) is 28.6 Å². The van der Waals surface area contributed by atoms with Gasteiger partial charge in [0.05, 0.1) is 5.75 Å². The third kappa shape index (κ3) is 5.51. The van der Waals surface area contributed by atoms with Crippen LogP contribution in [0.2, 0.25) is 0 Å². The number of nitrogens with one attached hydrogen (secondary N) is 2. The SMILES string of the molecule is Cc1cccc(C)c1OCc1nnc(SCC(=O)NC(=O)Nc2ccccc2)n1N. The lowest BCUT2D eigenvalue weighted by molar-refractivity contribution is -0.117. The number of ether oxygens (including phenoxy) is 1. The van der Waals surface area contributed by atoms with Crippen LogP contribution >= 0.6 is 11.8 Å². The third-order valence-electron chi connectivity index (χ3n) is 4.11. The molecule has 156 valence electrons. The first kappa shape index (κ1) is 21.2. The van der Waals surface area contributed by atoms with Crippen LogP contribution in [0.3, 0.4) is 0 Å². The van der Waals surface area contributed by atoms with E-state index in [1.54, 1.807) is 24.3 Å². The number of para-hydroxylation sites is 2. The molecule has 3 aromatic rings. The highest BCUT2D eigenvalue weighted by molar-refractivity contribution is 7.99. The van der Waals surface area contributed by atoms with E-state index >= 15 is 0 Å². The Morgan fingerprint density at radius 1 is 1.07 bits per heavy atom. The molecule has 1 heterocycles. The highest BCUT2D eigenvalue weighted by Crippen LogP contribution is 2.23. The first-order valence-electron chi connectivity index (χ1n) is 9.11. The summed E-state index contributed by atoms with van der Waals surface area (Å²) in [4.78, 5) is 23.9. The molecule has 0 aliphatic heterocycles. The molecular weight excluding hydrogens is 404 g/mol. The molecule has 3 amide bonds. The Morgan fingerprint density at radius 3 is 2.47 bits per heavy atom. The van der Waals surface area contributed by atoms with Gasteiger partial charge in [0.2, 0.25) is 11.1 Å². The molecule has 30 heavy (non-hydrogen) atoms. The molecular formula is C20H22N6O3S. The molecule has 9 nitrogen and oxygen atoms in total. The van der Waals surface area contributed by atoms with Crippen molar-refractivity contribution in [2.24, 2.45) is 0 Å². The predicted molar refractivity (Wildman–Crippen MR) is 115 cm³/mol. The van der Waals surface area contributed by atoms with Crippen LogP contribution in [0, 0.1) is 13.8 Å². The number of aromatic nitrogens is 3. The Labute approximate surface area is 178 Å². The molecule has 0 bridgehead atoms. The monoisotopic (exact) mass is 426 g/mol. The van der Waals surface area contributed by atoms with E-state index in [0.29, 0.717) is 16.7 Å². The number of thioether (sulfide) groups is 1. The van der Waals surface area contributed by atoms with Gasteiger partial charge in [0.15, 0.2) is 5.82 Å². The third-order valence-corrected chi connectivity index (χ3v) is 5.05. The van der Waals surface area contributed by atoms with E-state index in [4.69, 9.17) is 10.6 Å². The van der Waals surface area contributed by atoms with Crippen LogP contribution in [0.15, 0.2) is 53.7 Å². The quantitative estimate of drug-likeness (QED) is 0.392. The van der Waals surface area contributed by atoms with Gasteiger partial charge in [0.1, 0.15) is 12.4 Å². The van der Waals surface area contributed by atoms with Gasteiger partial charge in [-0.2, -0.15) is 0 Å². The van der Waals surface area contributed by atoms with E-state index < -0.39 is 11.9 Å². The average molecular weight is 427 g/mol. The fourth-order valence-electron chi connectivity index (χ4n) is 2.64. The van der Waals surface area contributed by atoms with Gasteiger partial charge in [0.25, 0.3) is 0 Å². The van der Waals surface area contributed by atoms with Gasteiger partial charge in [-0.3, -0.25) is 10.1 Å². The zero-order valence-electron chi connectivity index (χ0n) is 16.6. The van der Waals surface area contributed by atoms with Crippen LogP contribution in [0.4, 0.5) is 10.5 Å². The number of carbonyl (C=O) groups is 2. The smallest absolute Gasteiger partial charge is 0.325 e. The Hall–Kier alpha value is -3.53. The zero-order valence-corrected chi connectivity index (χ0v) is 17.4. The van der Waals surface area contributed by atoms with Crippen molar-refractivity contribution in [3.63, 3.8) is 0 Å². The minimum Gasteiger partial charge on any atom is -0.485 e. The van der Waals surface area contributed by atoms with Crippen LogP contribution < -0.4 is 21.2 Å². The fraction of sp³-hybridized carbons (Fsp3) is 0.200. The van der Waals surface area contributed by atoms with Crippen molar-refractivity contribution in [3.05, 3.63) is 65.5 Å². The van der Waals surface area contributed by atoms with Gasteiger partial charge in [0, 0.05) is 5.69 Å². The molecule has 0 aliphatic rings. The summed E-state index contributed by atoms with van der Waals surface area (Å²) in [7, 11) is 0. The zero-order chi connectivity index (χ0) is 21.5. The van der Waals surface area contributed by atoms with E-state index in [2.05, 4.69) is 20.8 Å². The number of nitrogens with two attached hydrogens (primary N) is 1. The number of anilines is 1. The van der Waals surface area contributed by atoms with Gasteiger partial charge in [-0.25, -0.2) is 9.47 Å². The van der Waals surface area contributed by atoms with Gasteiger partial charge < -0.3 is 15.9 Å². The van der Waals surface area contributed by atoms with Gasteiger partial charge in [-0.05, 0) is 37.1 Å². The average Bonchev–Trinajstić information content (AvgIpc) is 3.06. The molecule has 0 saturated carbocycles. The lowest BCUT2D eigenvalue weighted by Crippen LogP contribution is -2.35. The number of amides is 3. The molecule has 3 rings (SSSR count). The molecule has 0 fully saturated rings. The van der Waals surface area contributed by atoms with Gasteiger partial charge in [-0.1, -0.05) is 48.2 Å². The summed E-state index contributed by atoms with van der Waals surface area (Å²) in [5, 5.41) is 13.2. The van der Waals surface area contributed by atoms with Crippen molar-refractivity contribution in [2.75, 3.05) is 16.9 Å². The molecule has 10 heteroatoms. The molecule has 0 saturated heterocycles. The van der Waals surface area contributed by atoms with Crippen molar-refractivity contribution in [2.45, 2.75) is 25.6 Å². The number of nitrogen functional groups attached to an aromatic ring is 1. The minimum atomic E-state index is -0.608. The molecule has 0 unspecified atom stereocenters. The fourth-order valence-corrected chi connectivity index (χ4v) is 3.32. The first-order chi connectivity index (χ1) is 14.4. The second kappa shape index (κ2) is 9.79. The lowest BCUT2D eigenvalue weighted by Gasteiger charge is -2.11. The van der Waals surface area contributed by atoms with E-state index in [-0.39, 0.29) is 12.4 Å². The first-order valence-corrected chi connectivity index (χ1v) is 10.1. The van der Waals surface area contributed by atoms with E-state index in [9.17, 15) is 9.59 Å². The van der Waals surface area contributed by atoms with Crippen LogP contribution in [0.1, 0.15) is 17.0 Å². The number of imide groups is 1.